The van der Waals surface area contributed by atoms with E-state index in [0.29, 0.717) is 19.1 Å². The highest BCUT2D eigenvalue weighted by molar-refractivity contribution is 5.83. The van der Waals surface area contributed by atoms with Gasteiger partial charge >= 0.3 is 12.0 Å². The van der Waals surface area contributed by atoms with Crippen LogP contribution >= 0.6 is 0 Å². The van der Waals surface area contributed by atoms with Crippen molar-refractivity contribution in [2.75, 3.05) is 26.7 Å². The monoisotopic (exact) mass is 287 g/mol. The van der Waals surface area contributed by atoms with Crippen LogP contribution in [0, 0.1) is 0 Å². The first-order valence-corrected chi connectivity index (χ1v) is 7.02. The molecule has 0 aromatic rings. The molecule has 1 aliphatic rings. The van der Waals surface area contributed by atoms with E-state index in [1.165, 1.54) is 4.90 Å². The van der Waals surface area contributed by atoms with Crippen molar-refractivity contribution in [3.8, 4) is 0 Å². The molecule has 3 atom stereocenters. The number of nitrogens with zero attached hydrogens (tertiary/aromatic N) is 2. The highest BCUT2D eigenvalue weighted by Crippen LogP contribution is 2.17. The van der Waals surface area contributed by atoms with Crippen LogP contribution in [0.2, 0.25) is 0 Å². The second kappa shape index (κ2) is 7.44. The van der Waals surface area contributed by atoms with Crippen molar-refractivity contribution in [3.63, 3.8) is 0 Å². The first kappa shape index (κ1) is 16.7. The van der Waals surface area contributed by atoms with Crippen LogP contribution in [0.25, 0.3) is 0 Å². The van der Waals surface area contributed by atoms with Crippen molar-refractivity contribution >= 4 is 12.0 Å². The topological polar surface area (TPSA) is 93.1 Å². The van der Waals surface area contributed by atoms with Gasteiger partial charge in [-0.15, -0.1) is 0 Å². The molecule has 1 unspecified atom stereocenters. The lowest BCUT2D eigenvalue weighted by Gasteiger charge is -2.25. The summed E-state index contributed by atoms with van der Waals surface area (Å²) in [6.45, 7) is 5.44. The Labute approximate surface area is 119 Å². The molecule has 0 saturated carbocycles. The van der Waals surface area contributed by atoms with Crippen molar-refractivity contribution in [1.29, 1.82) is 0 Å². The number of likely N-dealkylation sites (tertiary alicyclic amines) is 1. The van der Waals surface area contributed by atoms with Crippen molar-refractivity contribution in [1.82, 2.24) is 15.1 Å². The predicted molar refractivity (Wildman–Crippen MR) is 74.5 cm³/mol. The average Bonchev–Trinajstić information content (AvgIpc) is 2.79. The fourth-order valence-electron chi connectivity index (χ4n) is 2.25. The van der Waals surface area contributed by atoms with Crippen LogP contribution < -0.4 is 5.32 Å². The summed E-state index contributed by atoms with van der Waals surface area (Å²) in [4.78, 5) is 26.3. The fourth-order valence-corrected chi connectivity index (χ4v) is 2.25. The van der Waals surface area contributed by atoms with Crippen LogP contribution in [0.1, 0.15) is 26.7 Å². The van der Waals surface area contributed by atoms with E-state index in [4.69, 9.17) is 5.11 Å². The molecule has 1 fully saturated rings. The molecule has 1 heterocycles. The van der Waals surface area contributed by atoms with Gasteiger partial charge in [0.05, 0.1) is 6.10 Å². The Balaban J connectivity index is 2.40. The Morgan fingerprint density at radius 1 is 1.50 bits per heavy atom. The Morgan fingerprint density at radius 3 is 2.70 bits per heavy atom. The van der Waals surface area contributed by atoms with E-state index in [9.17, 15) is 14.7 Å². The standard InChI is InChI=1S/C13H25N3O4/c1-4-9(2)15(3)6-5-14-13(20)16-8-10(17)7-11(16)12(18)19/h9-11,17H,4-8H2,1-3H3,(H,14,20)(H,18,19)/t9?,10-,11-/m0/s1. The Hall–Kier alpha value is -1.34. The number of carboxylic acid groups (broad SMARTS) is 1. The number of aliphatic hydroxyl groups is 1. The molecule has 0 radical (unpaired) electrons. The minimum absolute atomic E-state index is 0.0734. The number of likely N-dealkylation sites (N-methyl/N-ethyl adjacent to an activating group) is 1. The molecule has 2 amide bonds. The fraction of sp³-hybridized carbons (Fsp3) is 0.846. The second-order valence-electron chi connectivity index (χ2n) is 5.37. The van der Waals surface area contributed by atoms with Crippen LogP contribution in [0.5, 0.6) is 0 Å². The zero-order valence-electron chi connectivity index (χ0n) is 12.4. The number of carbonyl (C=O) groups excluding carboxylic acids is 1. The lowest BCUT2D eigenvalue weighted by Crippen LogP contribution is -2.48. The number of nitrogens with one attached hydrogen (secondary N) is 1. The van der Waals surface area contributed by atoms with Crippen molar-refractivity contribution < 1.29 is 19.8 Å². The summed E-state index contributed by atoms with van der Waals surface area (Å²) in [6.07, 6.45) is 0.365. The Morgan fingerprint density at radius 2 is 2.15 bits per heavy atom. The average molecular weight is 287 g/mol. The van der Waals surface area contributed by atoms with Crippen LogP contribution in [0.3, 0.4) is 0 Å². The third-order valence-electron chi connectivity index (χ3n) is 3.91. The largest absolute Gasteiger partial charge is 0.480 e. The second-order valence-corrected chi connectivity index (χ2v) is 5.37. The van der Waals surface area contributed by atoms with E-state index >= 15 is 0 Å². The van der Waals surface area contributed by atoms with Gasteiger partial charge in [-0.3, -0.25) is 0 Å². The number of aliphatic hydroxyl groups excluding tert-OH is 1. The first-order valence-electron chi connectivity index (χ1n) is 7.02. The van der Waals surface area contributed by atoms with Gasteiger partial charge in [-0.1, -0.05) is 6.92 Å². The molecule has 0 aromatic carbocycles. The smallest absolute Gasteiger partial charge is 0.326 e. The van der Waals surface area contributed by atoms with Crippen molar-refractivity contribution in [2.45, 2.75) is 44.9 Å². The van der Waals surface area contributed by atoms with Gasteiger partial charge in [0.2, 0.25) is 0 Å². The molecule has 0 spiro atoms. The molecular formula is C13H25N3O4. The maximum Gasteiger partial charge on any atom is 0.326 e. The van der Waals surface area contributed by atoms with Gasteiger partial charge in [0.1, 0.15) is 6.04 Å². The molecule has 7 heteroatoms. The van der Waals surface area contributed by atoms with Crippen molar-refractivity contribution in [2.24, 2.45) is 0 Å². The quantitative estimate of drug-likeness (QED) is 0.637. The Bertz CT molecular complexity index is 351. The summed E-state index contributed by atoms with van der Waals surface area (Å²) in [5, 5.41) is 21.2. The van der Waals surface area contributed by atoms with E-state index in [1.54, 1.807) is 0 Å². The molecule has 0 aliphatic carbocycles. The van der Waals surface area contributed by atoms with Gasteiger partial charge in [-0.2, -0.15) is 0 Å². The van der Waals surface area contributed by atoms with Gasteiger partial charge in [-0.25, -0.2) is 9.59 Å². The molecule has 1 aliphatic heterocycles. The van der Waals surface area contributed by atoms with Crippen LogP contribution in [0.15, 0.2) is 0 Å². The van der Waals surface area contributed by atoms with Gasteiger partial charge in [-0.05, 0) is 20.4 Å². The maximum absolute atomic E-state index is 11.9. The van der Waals surface area contributed by atoms with E-state index in [-0.39, 0.29) is 13.0 Å². The van der Waals surface area contributed by atoms with Crippen molar-refractivity contribution in [3.05, 3.63) is 0 Å². The molecule has 116 valence electrons. The number of aliphatic carboxylic acids is 1. The summed E-state index contributed by atoms with van der Waals surface area (Å²) in [7, 11) is 1.99. The van der Waals surface area contributed by atoms with E-state index < -0.39 is 24.1 Å². The Kier molecular flexibility index (Phi) is 6.22. The number of hydrogen-bond acceptors (Lipinski definition) is 4. The van der Waals surface area contributed by atoms with Crippen LogP contribution in [-0.4, -0.2) is 76.9 Å². The highest BCUT2D eigenvalue weighted by Gasteiger charge is 2.38. The molecule has 1 rings (SSSR count). The lowest BCUT2D eigenvalue weighted by molar-refractivity contribution is -0.141. The molecule has 7 nitrogen and oxygen atoms in total. The van der Waals surface area contributed by atoms with Gasteiger partial charge in [0.25, 0.3) is 0 Å². The molecule has 0 bridgehead atoms. The summed E-state index contributed by atoms with van der Waals surface area (Å²) in [6, 6.07) is -0.920. The number of hydrogen-bond donors (Lipinski definition) is 3. The molecule has 0 aromatic heterocycles. The zero-order chi connectivity index (χ0) is 15.3. The number of rotatable bonds is 6. The van der Waals surface area contributed by atoms with Crippen LogP contribution in [-0.2, 0) is 4.79 Å². The normalized spacial score (nSPS) is 23.9. The number of amides is 2. The minimum atomic E-state index is -1.08. The molecule has 20 heavy (non-hydrogen) atoms. The maximum atomic E-state index is 11.9. The number of β-amino-alcohol motifs (C(OH)–C–C–N with tert-alkyl or cyclic N) is 1. The lowest BCUT2D eigenvalue weighted by atomic mass is 10.2. The first-order chi connectivity index (χ1) is 9.36. The predicted octanol–water partition coefficient (Wildman–Crippen LogP) is -0.0539. The van der Waals surface area contributed by atoms with E-state index in [2.05, 4.69) is 24.1 Å². The number of carbonyl (C=O) groups is 2. The summed E-state index contributed by atoms with van der Waals surface area (Å²) >= 11 is 0. The zero-order valence-corrected chi connectivity index (χ0v) is 12.4. The summed E-state index contributed by atoms with van der Waals surface area (Å²) < 4.78 is 0. The van der Waals surface area contributed by atoms with E-state index in [1.807, 2.05) is 7.05 Å². The summed E-state index contributed by atoms with van der Waals surface area (Å²) in [5.41, 5.74) is 0. The number of urea groups is 1. The third kappa shape index (κ3) is 4.35. The highest BCUT2D eigenvalue weighted by atomic mass is 16.4. The van der Waals surface area contributed by atoms with Gasteiger partial charge < -0.3 is 25.3 Å². The SMILES string of the molecule is CCC(C)N(C)CCNC(=O)N1C[C@@H](O)C[C@H]1C(=O)O. The van der Waals surface area contributed by atoms with Gasteiger partial charge in [0.15, 0.2) is 0 Å². The molecule has 1 saturated heterocycles. The van der Waals surface area contributed by atoms with Crippen LogP contribution in [0.4, 0.5) is 4.79 Å². The van der Waals surface area contributed by atoms with Gasteiger partial charge in [0, 0.05) is 32.1 Å². The van der Waals surface area contributed by atoms with E-state index in [0.717, 1.165) is 6.42 Å². The minimum Gasteiger partial charge on any atom is -0.480 e. The third-order valence-corrected chi connectivity index (χ3v) is 3.91. The number of carboxylic acids is 1. The molecule has 3 N–H and O–H groups in total. The molecular weight excluding hydrogens is 262 g/mol. The summed E-state index contributed by atoms with van der Waals surface area (Å²) in [5.74, 6) is -1.08.